The van der Waals surface area contributed by atoms with Crippen molar-refractivity contribution in [1.29, 1.82) is 0 Å². The highest BCUT2D eigenvalue weighted by Crippen LogP contribution is 2.34. The summed E-state index contributed by atoms with van der Waals surface area (Å²) in [5.74, 6) is 0. The van der Waals surface area contributed by atoms with Crippen molar-refractivity contribution in [2.75, 3.05) is 49.6 Å². The lowest BCUT2D eigenvalue weighted by molar-refractivity contribution is -0.0163. The second-order valence-electron chi connectivity index (χ2n) is 8.33. The fourth-order valence-electron chi connectivity index (χ4n) is 4.34. The first kappa shape index (κ1) is 20.7. The maximum absolute atomic E-state index is 12.5. The van der Waals surface area contributed by atoms with Crippen LogP contribution >= 0.6 is 0 Å². The standard InChI is InChI=1S/C24H32N4O2/c1-3-24(2,27-14-16-30-17-15-27)18-25-23(29)26-20-8-10-21(11-9-20)28-13-12-19-6-4-5-7-22(19)28/h4-11H,3,12-18H2,1-2H3,(H2,25,26,29). The normalized spacial score (nSPS) is 18.5. The Labute approximate surface area is 179 Å². The number of para-hydroxylation sites is 1. The summed E-state index contributed by atoms with van der Waals surface area (Å²) < 4.78 is 5.47. The number of anilines is 3. The minimum Gasteiger partial charge on any atom is -0.379 e. The lowest BCUT2D eigenvalue weighted by atomic mass is 9.95. The van der Waals surface area contributed by atoms with Crippen molar-refractivity contribution in [3.05, 3.63) is 54.1 Å². The lowest BCUT2D eigenvalue weighted by Crippen LogP contribution is -2.57. The van der Waals surface area contributed by atoms with Gasteiger partial charge in [0.15, 0.2) is 0 Å². The van der Waals surface area contributed by atoms with Gasteiger partial charge < -0.3 is 20.3 Å². The number of hydrogen-bond acceptors (Lipinski definition) is 4. The lowest BCUT2D eigenvalue weighted by Gasteiger charge is -2.43. The van der Waals surface area contributed by atoms with Crippen LogP contribution in [0, 0.1) is 0 Å². The molecule has 4 rings (SSSR count). The summed E-state index contributed by atoms with van der Waals surface area (Å²) in [5.41, 5.74) is 4.55. The summed E-state index contributed by atoms with van der Waals surface area (Å²) >= 11 is 0. The number of urea groups is 1. The van der Waals surface area contributed by atoms with Gasteiger partial charge >= 0.3 is 6.03 Å². The monoisotopic (exact) mass is 408 g/mol. The molecule has 1 saturated heterocycles. The molecule has 0 aliphatic carbocycles. The number of carbonyl (C=O) groups is 1. The molecule has 2 aliphatic heterocycles. The van der Waals surface area contributed by atoms with Crippen LogP contribution in [0.5, 0.6) is 0 Å². The molecule has 0 radical (unpaired) electrons. The summed E-state index contributed by atoms with van der Waals surface area (Å²) in [6.07, 6.45) is 2.04. The Hall–Kier alpha value is -2.57. The second kappa shape index (κ2) is 9.06. The largest absolute Gasteiger partial charge is 0.379 e. The van der Waals surface area contributed by atoms with Gasteiger partial charge in [-0.2, -0.15) is 0 Å². The molecule has 1 atom stereocenters. The van der Waals surface area contributed by atoms with Crippen molar-refractivity contribution in [2.24, 2.45) is 0 Å². The maximum atomic E-state index is 12.5. The van der Waals surface area contributed by atoms with Crippen LogP contribution < -0.4 is 15.5 Å². The van der Waals surface area contributed by atoms with Crippen molar-refractivity contribution in [1.82, 2.24) is 10.2 Å². The molecular weight excluding hydrogens is 376 g/mol. The molecule has 2 aromatic rings. The molecule has 2 amide bonds. The zero-order valence-electron chi connectivity index (χ0n) is 18.0. The van der Waals surface area contributed by atoms with Crippen molar-refractivity contribution in [3.8, 4) is 0 Å². The number of nitrogens with one attached hydrogen (secondary N) is 2. The van der Waals surface area contributed by atoms with Gasteiger partial charge in [-0.3, -0.25) is 4.90 Å². The van der Waals surface area contributed by atoms with Crippen LogP contribution in [0.25, 0.3) is 0 Å². The molecule has 0 saturated carbocycles. The molecule has 6 heteroatoms. The molecule has 160 valence electrons. The van der Waals surface area contributed by atoms with Gasteiger partial charge in [-0.15, -0.1) is 0 Å². The van der Waals surface area contributed by atoms with E-state index in [4.69, 9.17) is 4.74 Å². The number of rotatable bonds is 6. The van der Waals surface area contributed by atoms with Crippen molar-refractivity contribution in [2.45, 2.75) is 32.2 Å². The van der Waals surface area contributed by atoms with E-state index in [0.29, 0.717) is 6.54 Å². The van der Waals surface area contributed by atoms with Crippen LogP contribution in [0.1, 0.15) is 25.8 Å². The van der Waals surface area contributed by atoms with E-state index in [1.54, 1.807) is 0 Å². The minimum absolute atomic E-state index is 0.0614. The van der Waals surface area contributed by atoms with Gasteiger partial charge in [0.25, 0.3) is 0 Å². The summed E-state index contributed by atoms with van der Waals surface area (Å²) in [7, 11) is 0. The Morgan fingerprint density at radius 3 is 2.53 bits per heavy atom. The molecule has 2 aromatic carbocycles. The Balaban J connectivity index is 1.33. The third-order valence-corrected chi connectivity index (χ3v) is 6.49. The molecule has 30 heavy (non-hydrogen) atoms. The summed E-state index contributed by atoms with van der Waals surface area (Å²) in [6, 6.07) is 16.4. The SMILES string of the molecule is CCC(C)(CNC(=O)Nc1ccc(N2CCc3ccccc32)cc1)N1CCOCC1. The number of ether oxygens (including phenoxy) is 1. The summed E-state index contributed by atoms with van der Waals surface area (Å²) in [6.45, 7) is 9.32. The van der Waals surface area contributed by atoms with Gasteiger partial charge in [-0.25, -0.2) is 4.79 Å². The van der Waals surface area contributed by atoms with Crippen molar-refractivity contribution in [3.63, 3.8) is 0 Å². The number of hydrogen-bond donors (Lipinski definition) is 2. The molecule has 0 spiro atoms. The average Bonchev–Trinajstić information content (AvgIpc) is 3.23. The zero-order chi connectivity index (χ0) is 21.0. The van der Waals surface area contributed by atoms with E-state index in [2.05, 4.69) is 70.7 Å². The Bertz CT molecular complexity index is 864. The molecule has 2 N–H and O–H groups in total. The molecule has 6 nitrogen and oxygen atoms in total. The van der Waals surface area contributed by atoms with Crippen molar-refractivity contribution < 1.29 is 9.53 Å². The third kappa shape index (κ3) is 4.45. The first-order valence-corrected chi connectivity index (χ1v) is 10.9. The van der Waals surface area contributed by atoms with E-state index in [-0.39, 0.29) is 11.6 Å². The highest BCUT2D eigenvalue weighted by Gasteiger charge is 2.31. The third-order valence-electron chi connectivity index (χ3n) is 6.49. The van der Waals surface area contributed by atoms with E-state index in [1.165, 1.54) is 11.3 Å². The van der Waals surface area contributed by atoms with Crippen LogP contribution in [0.4, 0.5) is 21.9 Å². The van der Waals surface area contributed by atoms with Crippen LogP contribution in [-0.4, -0.2) is 55.9 Å². The predicted octanol–water partition coefficient (Wildman–Crippen LogP) is 4.00. The van der Waals surface area contributed by atoms with Crippen LogP contribution in [0.15, 0.2) is 48.5 Å². The minimum atomic E-state index is -0.165. The van der Waals surface area contributed by atoms with E-state index < -0.39 is 0 Å². The maximum Gasteiger partial charge on any atom is 0.319 e. The molecule has 1 unspecified atom stereocenters. The Kier molecular flexibility index (Phi) is 6.25. The first-order chi connectivity index (χ1) is 14.6. The van der Waals surface area contributed by atoms with Crippen LogP contribution in [0.3, 0.4) is 0 Å². The van der Waals surface area contributed by atoms with Gasteiger partial charge in [0.1, 0.15) is 0 Å². The molecule has 0 aromatic heterocycles. The second-order valence-corrected chi connectivity index (χ2v) is 8.33. The smallest absolute Gasteiger partial charge is 0.319 e. The fraction of sp³-hybridized carbons (Fsp3) is 0.458. The summed E-state index contributed by atoms with van der Waals surface area (Å²) in [4.78, 5) is 17.2. The van der Waals surface area contributed by atoms with Gasteiger partial charge in [0.05, 0.1) is 13.2 Å². The predicted molar refractivity (Wildman–Crippen MR) is 122 cm³/mol. The fourth-order valence-corrected chi connectivity index (χ4v) is 4.34. The van der Waals surface area contributed by atoms with Gasteiger partial charge in [0.2, 0.25) is 0 Å². The molecule has 2 aliphatic rings. The number of morpholine rings is 1. The topological polar surface area (TPSA) is 56.8 Å². The number of fused-ring (bicyclic) bond motifs is 1. The Morgan fingerprint density at radius 2 is 1.80 bits per heavy atom. The van der Waals surface area contributed by atoms with Crippen molar-refractivity contribution >= 4 is 23.1 Å². The molecule has 0 bridgehead atoms. The molecule has 2 heterocycles. The highest BCUT2D eigenvalue weighted by molar-refractivity contribution is 5.89. The molecular formula is C24H32N4O2. The number of nitrogens with zero attached hydrogens (tertiary/aromatic N) is 2. The Morgan fingerprint density at radius 1 is 1.07 bits per heavy atom. The number of amides is 2. The quantitative estimate of drug-likeness (QED) is 0.759. The van der Waals surface area contributed by atoms with E-state index in [9.17, 15) is 4.79 Å². The van der Waals surface area contributed by atoms with Gasteiger partial charge in [0, 0.05) is 48.8 Å². The first-order valence-electron chi connectivity index (χ1n) is 10.9. The summed E-state index contributed by atoms with van der Waals surface area (Å²) in [5, 5.41) is 6.03. The van der Waals surface area contributed by atoms with Crippen LogP contribution in [0.2, 0.25) is 0 Å². The van der Waals surface area contributed by atoms with Gasteiger partial charge in [-0.05, 0) is 55.7 Å². The van der Waals surface area contributed by atoms with Crippen LogP contribution in [-0.2, 0) is 11.2 Å². The zero-order valence-corrected chi connectivity index (χ0v) is 18.0. The average molecular weight is 409 g/mol. The van der Waals surface area contributed by atoms with E-state index in [1.807, 2.05) is 12.1 Å². The van der Waals surface area contributed by atoms with E-state index >= 15 is 0 Å². The highest BCUT2D eigenvalue weighted by atomic mass is 16.5. The number of carbonyl (C=O) groups excluding carboxylic acids is 1. The van der Waals surface area contributed by atoms with Gasteiger partial charge in [-0.1, -0.05) is 25.1 Å². The molecule has 1 fully saturated rings. The van der Waals surface area contributed by atoms with E-state index in [0.717, 1.165) is 57.1 Å². The number of benzene rings is 2.